The molecule has 5 heteroatoms. The van der Waals surface area contributed by atoms with E-state index in [-0.39, 0.29) is 5.91 Å². The van der Waals surface area contributed by atoms with E-state index < -0.39 is 0 Å². The van der Waals surface area contributed by atoms with Crippen LogP contribution >= 0.6 is 11.5 Å². The number of carbonyl (C=O) groups excluding carboxylic acids is 1. The van der Waals surface area contributed by atoms with Crippen LogP contribution in [0.25, 0.3) is 10.2 Å². The summed E-state index contributed by atoms with van der Waals surface area (Å²) in [4.78, 5) is 11.2. The maximum absolute atomic E-state index is 11.2. The maximum atomic E-state index is 11.2. The van der Waals surface area contributed by atoms with Gasteiger partial charge in [-0.1, -0.05) is 23.5 Å². The molecule has 1 amide bonds. The van der Waals surface area contributed by atoms with Crippen LogP contribution in [0.5, 0.6) is 0 Å². The Balaban J connectivity index is 1.70. The lowest BCUT2D eigenvalue weighted by Crippen LogP contribution is -2.24. The van der Waals surface area contributed by atoms with Gasteiger partial charge in [0.1, 0.15) is 5.52 Å². The largest absolute Gasteiger partial charge is 0.356 e. The molecule has 4 nitrogen and oxygen atoms in total. The van der Waals surface area contributed by atoms with Crippen LogP contribution in [-0.4, -0.2) is 22.0 Å². The Labute approximate surface area is 110 Å². The molecule has 3 rings (SSSR count). The van der Waals surface area contributed by atoms with Crippen LogP contribution in [0.1, 0.15) is 31.2 Å². The Kier molecular flexibility index (Phi) is 2.99. The number of hydrogen-bond donors (Lipinski definition) is 1. The van der Waals surface area contributed by atoms with Crippen molar-refractivity contribution in [1.82, 2.24) is 14.9 Å². The van der Waals surface area contributed by atoms with Crippen molar-refractivity contribution >= 4 is 27.7 Å². The smallest absolute Gasteiger partial charge is 0.219 e. The second kappa shape index (κ2) is 4.65. The summed E-state index contributed by atoms with van der Waals surface area (Å²) in [6.07, 6.45) is 1.72. The van der Waals surface area contributed by atoms with E-state index in [2.05, 4.69) is 21.0 Å². The van der Waals surface area contributed by atoms with Gasteiger partial charge in [0.15, 0.2) is 0 Å². The molecular weight excluding hydrogens is 246 g/mol. The Hall–Kier alpha value is -1.49. The van der Waals surface area contributed by atoms with Crippen molar-refractivity contribution in [2.75, 3.05) is 6.54 Å². The molecule has 18 heavy (non-hydrogen) atoms. The number of nitrogens with one attached hydrogen (secondary N) is 1. The first kappa shape index (κ1) is 11.6. The SMILES string of the molecule is CCC(=O)NCC1CC1c1cccc2nnsc12. The zero-order valence-electron chi connectivity index (χ0n) is 10.2. The molecule has 2 aromatic rings. The monoisotopic (exact) mass is 261 g/mol. The second-order valence-electron chi connectivity index (χ2n) is 4.73. The minimum atomic E-state index is 0.137. The number of benzene rings is 1. The maximum Gasteiger partial charge on any atom is 0.219 e. The first-order valence-electron chi connectivity index (χ1n) is 6.27. The third-order valence-corrected chi connectivity index (χ3v) is 4.30. The fourth-order valence-corrected chi connectivity index (χ4v) is 3.08. The highest BCUT2D eigenvalue weighted by atomic mass is 32.1. The van der Waals surface area contributed by atoms with Gasteiger partial charge in [-0.05, 0) is 41.4 Å². The van der Waals surface area contributed by atoms with Crippen LogP contribution < -0.4 is 5.32 Å². The van der Waals surface area contributed by atoms with Gasteiger partial charge in [-0.3, -0.25) is 4.79 Å². The summed E-state index contributed by atoms with van der Waals surface area (Å²) < 4.78 is 5.21. The molecule has 1 N–H and O–H groups in total. The van der Waals surface area contributed by atoms with Gasteiger partial charge in [-0.25, -0.2) is 0 Å². The van der Waals surface area contributed by atoms with Crippen LogP contribution in [0.15, 0.2) is 18.2 Å². The molecule has 1 aliphatic rings. The summed E-state index contributed by atoms with van der Waals surface area (Å²) in [6, 6.07) is 6.20. The lowest BCUT2D eigenvalue weighted by Gasteiger charge is -2.03. The highest BCUT2D eigenvalue weighted by Gasteiger charge is 2.39. The minimum absolute atomic E-state index is 0.137. The van der Waals surface area contributed by atoms with Crippen LogP contribution in [0.2, 0.25) is 0 Å². The second-order valence-corrected chi connectivity index (χ2v) is 5.48. The van der Waals surface area contributed by atoms with Gasteiger partial charge in [0.05, 0.1) is 4.70 Å². The highest BCUT2D eigenvalue weighted by Crippen LogP contribution is 2.49. The molecule has 1 fully saturated rings. The van der Waals surface area contributed by atoms with E-state index >= 15 is 0 Å². The summed E-state index contributed by atoms with van der Waals surface area (Å²) in [5.41, 5.74) is 2.33. The first-order chi connectivity index (χ1) is 8.79. The molecule has 1 saturated carbocycles. The van der Waals surface area contributed by atoms with Gasteiger partial charge < -0.3 is 5.32 Å². The van der Waals surface area contributed by atoms with Crippen LogP contribution in [0, 0.1) is 5.92 Å². The van der Waals surface area contributed by atoms with Crippen molar-refractivity contribution in [3.05, 3.63) is 23.8 Å². The molecule has 1 aliphatic carbocycles. The Bertz CT molecular complexity index is 580. The number of carbonyl (C=O) groups is 1. The topological polar surface area (TPSA) is 54.9 Å². The highest BCUT2D eigenvalue weighted by molar-refractivity contribution is 7.13. The van der Waals surface area contributed by atoms with Crippen molar-refractivity contribution in [1.29, 1.82) is 0 Å². The zero-order valence-corrected chi connectivity index (χ0v) is 11.0. The molecule has 1 aromatic heterocycles. The summed E-state index contributed by atoms with van der Waals surface area (Å²) in [6.45, 7) is 2.67. The van der Waals surface area contributed by atoms with Gasteiger partial charge in [0, 0.05) is 13.0 Å². The van der Waals surface area contributed by atoms with E-state index in [4.69, 9.17) is 0 Å². The average molecular weight is 261 g/mol. The Morgan fingerprint density at radius 2 is 2.44 bits per heavy atom. The van der Waals surface area contributed by atoms with Gasteiger partial charge in [0.2, 0.25) is 5.91 Å². The molecule has 0 saturated heterocycles. The quantitative estimate of drug-likeness (QED) is 0.919. The zero-order chi connectivity index (χ0) is 12.5. The molecule has 1 heterocycles. The van der Waals surface area contributed by atoms with E-state index in [1.165, 1.54) is 21.8 Å². The lowest BCUT2D eigenvalue weighted by molar-refractivity contribution is -0.120. The molecule has 0 radical (unpaired) electrons. The molecule has 0 spiro atoms. The third-order valence-electron chi connectivity index (χ3n) is 3.51. The Morgan fingerprint density at radius 1 is 1.56 bits per heavy atom. The van der Waals surface area contributed by atoms with Crippen LogP contribution in [0.4, 0.5) is 0 Å². The fourth-order valence-electron chi connectivity index (χ4n) is 2.34. The minimum Gasteiger partial charge on any atom is -0.356 e. The fraction of sp³-hybridized carbons (Fsp3) is 0.462. The standard InChI is InChI=1S/C13H15N3OS/c1-2-12(17)14-7-8-6-10(8)9-4-3-5-11-13(9)18-16-15-11/h3-5,8,10H,2,6-7H2,1H3,(H,14,17). The Morgan fingerprint density at radius 3 is 3.28 bits per heavy atom. The van der Waals surface area contributed by atoms with Crippen LogP contribution in [0.3, 0.4) is 0 Å². The summed E-state index contributed by atoms with van der Waals surface area (Å²) >= 11 is 1.46. The predicted molar refractivity (Wildman–Crippen MR) is 71.6 cm³/mol. The van der Waals surface area contributed by atoms with E-state index in [1.807, 2.05) is 19.1 Å². The normalized spacial score (nSPS) is 22.1. The molecule has 2 atom stereocenters. The molecule has 0 aliphatic heterocycles. The number of rotatable bonds is 4. The van der Waals surface area contributed by atoms with Gasteiger partial charge in [-0.15, -0.1) is 5.10 Å². The number of amides is 1. The lowest BCUT2D eigenvalue weighted by atomic mass is 10.1. The van der Waals surface area contributed by atoms with Crippen molar-refractivity contribution in [3.63, 3.8) is 0 Å². The average Bonchev–Trinajstić information content (AvgIpc) is 3.00. The van der Waals surface area contributed by atoms with E-state index in [1.54, 1.807) is 0 Å². The number of hydrogen-bond acceptors (Lipinski definition) is 4. The van der Waals surface area contributed by atoms with Crippen LogP contribution in [-0.2, 0) is 4.79 Å². The summed E-state index contributed by atoms with van der Waals surface area (Å²) in [5, 5.41) is 7.07. The van der Waals surface area contributed by atoms with Crippen molar-refractivity contribution in [2.24, 2.45) is 5.92 Å². The van der Waals surface area contributed by atoms with Crippen molar-refractivity contribution in [3.8, 4) is 0 Å². The third kappa shape index (κ3) is 2.10. The van der Waals surface area contributed by atoms with Crippen molar-refractivity contribution < 1.29 is 4.79 Å². The molecule has 0 bridgehead atoms. The van der Waals surface area contributed by atoms with Gasteiger partial charge in [0.25, 0.3) is 0 Å². The first-order valence-corrected chi connectivity index (χ1v) is 7.04. The number of nitrogens with zero attached hydrogens (tertiary/aromatic N) is 2. The molecular formula is C13H15N3OS. The number of fused-ring (bicyclic) bond motifs is 1. The van der Waals surface area contributed by atoms with E-state index in [9.17, 15) is 4.79 Å². The molecule has 2 unspecified atom stereocenters. The molecule has 94 valence electrons. The summed E-state index contributed by atoms with van der Waals surface area (Å²) in [7, 11) is 0. The van der Waals surface area contributed by atoms with E-state index in [0.29, 0.717) is 18.3 Å². The van der Waals surface area contributed by atoms with Crippen molar-refractivity contribution in [2.45, 2.75) is 25.7 Å². The predicted octanol–water partition coefficient (Wildman–Crippen LogP) is 2.32. The van der Waals surface area contributed by atoms with Gasteiger partial charge in [-0.2, -0.15) is 0 Å². The van der Waals surface area contributed by atoms with E-state index in [0.717, 1.165) is 18.5 Å². The molecule has 1 aromatic carbocycles. The van der Waals surface area contributed by atoms with Gasteiger partial charge >= 0.3 is 0 Å². The summed E-state index contributed by atoms with van der Waals surface area (Å²) in [5.74, 6) is 1.28. The number of aromatic nitrogens is 2.